The molecule has 0 bridgehead atoms. The fraction of sp³-hybridized carbons (Fsp3) is 0.800. The van der Waals surface area contributed by atoms with Gasteiger partial charge < -0.3 is 18.0 Å². The Kier molecular flexibility index (Phi) is 7.81. The van der Waals surface area contributed by atoms with E-state index in [2.05, 4.69) is 18.0 Å². The van der Waals surface area contributed by atoms with Crippen LogP contribution in [0.4, 0.5) is 30.7 Å². The van der Waals surface area contributed by atoms with E-state index >= 15 is 0 Å². The Bertz CT molecular complexity index is 370. The molecular formula is C10H15F7O4Si. The number of hydrogen-bond donors (Lipinski definition) is 0. The van der Waals surface area contributed by atoms with Crippen LogP contribution >= 0.6 is 0 Å². The molecule has 22 heavy (non-hydrogen) atoms. The van der Waals surface area contributed by atoms with Crippen LogP contribution in [0.5, 0.6) is 0 Å². The van der Waals surface area contributed by atoms with Gasteiger partial charge in [-0.3, -0.25) is 0 Å². The molecule has 132 valence electrons. The lowest BCUT2D eigenvalue weighted by Gasteiger charge is -2.37. The minimum atomic E-state index is -5.67. The molecule has 0 atom stereocenters. The van der Waals surface area contributed by atoms with E-state index in [1.54, 1.807) is 0 Å². The lowest BCUT2D eigenvalue weighted by molar-refractivity contribution is -0.327. The Morgan fingerprint density at radius 2 is 1.18 bits per heavy atom. The first-order valence-electron chi connectivity index (χ1n) is 6.08. The first kappa shape index (κ1) is 21.1. The molecule has 0 aromatic rings. The summed E-state index contributed by atoms with van der Waals surface area (Å²) in [4.78, 5) is 0. The third kappa shape index (κ3) is 4.33. The molecule has 0 aliphatic carbocycles. The van der Waals surface area contributed by atoms with Crippen LogP contribution in [0.2, 0.25) is 0 Å². The average molecular weight is 360 g/mol. The molecule has 0 aromatic carbocycles. The minimum Gasteiger partial charge on any atom is -0.398 e. The van der Waals surface area contributed by atoms with E-state index in [0.29, 0.717) is 0 Å². The van der Waals surface area contributed by atoms with E-state index < -0.39 is 52.4 Å². The summed E-state index contributed by atoms with van der Waals surface area (Å²) < 4.78 is 108. The lowest BCUT2D eigenvalue weighted by atomic mass is 10.6. The number of halogens is 7. The van der Waals surface area contributed by atoms with Crippen LogP contribution < -0.4 is 0 Å². The minimum absolute atomic E-state index is 0.492. The summed E-state index contributed by atoms with van der Waals surface area (Å²) in [5, 5.41) is 0. The van der Waals surface area contributed by atoms with E-state index in [1.165, 1.54) is 20.8 Å². The summed E-state index contributed by atoms with van der Waals surface area (Å²) in [6, 6.07) is -3.13. The van der Waals surface area contributed by atoms with E-state index in [9.17, 15) is 30.7 Å². The Balaban J connectivity index is 5.78. The number of alkyl halides is 4. The number of rotatable bonds is 10. The molecule has 0 saturated heterocycles. The summed E-state index contributed by atoms with van der Waals surface area (Å²) in [6.07, 6.45) is -8.99. The molecule has 0 fully saturated rings. The summed E-state index contributed by atoms with van der Waals surface area (Å²) in [6.45, 7) is 2.14. The third-order valence-corrected chi connectivity index (χ3v) is 5.19. The fourth-order valence-electron chi connectivity index (χ4n) is 1.36. The van der Waals surface area contributed by atoms with Crippen molar-refractivity contribution >= 4 is 8.80 Å². The zero-order valence-corrected chi connectivity index (χ0v) is 12.9. The third-order valence-electron chi connectivity index (χ3n) is 2.12. The van der Waals surface area contributed by atoms with Crippen LogP contribution in [0.3, 0.4) is 0 Å². The van der Waals surface area contributed by atoms with E-state index in [4.69, 9.17) is 0 Å². The molecule has 4 nitrogen and oxygen atoms in total. The molecule has 0 heterocycles. The van der Waals surface area contributed by atoms with Crippen LogP contribution in [0.15, 0.2) is 12.1 Å². The van der Waals surface area contributed by atoms with Gasteiger partial charge in [0.05, 0.1) is 0 Å². The summed E-state index contributed by atoms with van der Waals surface area (Å²) in [5.41, 5.74) is -5.31. The summed E-state index contributed by atoms with van der Waals surface area (Å²) in [5.74, 6) is 0. The molecule has 0 aliphatic rings. The van der Waals surface area contributed by atoms with Crippen LogP contribution in [0.25, 0.3) is 0 Å². The van der Waals surface area contributed by atoms with Crippen LogP contribution in [0, 0.1) is 0 Å². The van der Waals surface area contributed by atoms with Gasteiger partial charge in [0.25, 0.3) is 0 Å². The maximum Gasteiger partial charge on any atom is 0.587 e. The van der Waals surface area contributed by atoms with Gasteiger partial charge in [-0.1, -0.05) is 0 Å². The number of ether oxygens (including phenoxy) is 1. The molecule has 0 saturated carbocycles. The highest BCUT2D eigenvalue weighted by Crippen LogP contribution is 2.45. The maximum atomic E-state index is 14.1. The van der Waals surface area contributed by atoms with Gasteiger partial charge in [-0.15, -0.1) is 0 Å². The quantitative estimate of drug-likeness (QED) is 0.337. The van der Waals surface area contributed by atoms with Gasteiger partial charge in [-0.25, -0.2) is 0 Å². The molecule has 0 amide bonds. The lowest BCUT2D eigenvalue weighted by Crippen LogP contribution is -2.68. The summed E-state index contributed by atoms with van der Waals surface area (Å²) >= 11 is 0. The highest BCUT2D eigenvalue weighted by atomic mass is 28.4. The van der Waals surface area contributed by atoms with Crippen molar-refractivity contribution in [2.24, 2.45) is 0 Å². The second-order valence-corrected chi connectivity index (χ2v) is 6.19. The Labute approximate surface area is 123 Å². The van der Waals surface area contributed by atoms with E-state index in [1.807, 2.05) is 0 Å². The monoisotopic (exact) mass is 360 g/mol. The molecule has 0 radical (unpaired) electrons. The van der Waals surface area contributed by atoms with Crippen molar-refractivity contribution in [2.75, 3.05) is 19.8 Å². The van der Waals surface area contributed by atoms with Gasteiger partial charge >= 0.3 is 32.6 Å². The zero-order valence-electron chi connectivity index (χ0n) is 11.9. The second kappa shape index (κ2) is 8.13. The van der Waals surface area contributed by atoms with E-state index in [0.717, 1.165) is 0 Å². The topological polar surface area (TPSA) is 36.9 Å². The molecule has 0 aromatic heterocycles. The van der Waals surface area contributed by atoms with Crippen molar-refractivity contribution in [2.45, 2.75) is 32.4 Å². The molecule has 0 unspecified atom stereocenters. The predicted molar refractivity (Wildman–Crippen MR) is 62.0 cm³/mol. The Hall–Kier alpha value is -0.853. The largest absolute Gasteiger partial charge is 0.587 e. The SMILES string of the molecule is CCO[Si](OCC)(OCC)C(F)(F)C(F)(F)OC(F)=C(F)F. The van der Waals surface area contributed by atoms with Gasteiger partial charge in [0.2, 0.25) is 0 Å². The maximum absolute atomic E-state index is 14.1. The molecule has 0 N–H and O–H groups in total. The van der Waals surface area contributed by atoms with Gasteiger partial charge in [0.1, 0.15) is 0 Å². The Morgan fingerprint density at radius 3 is 1.45 bits per heavy atom. The normalized spacial score (nSPS) is 13.2. The predicted octanol–water partition coefficient (Wildman–Crippen LogP) is 3.85. The van der Waals surface area contributed by atoms with Gasteiger partial charge in [0.15, 0.2) is 0 Å². The smallest absolute Gasteiger partial charge is 0.398 e. The zero-order chi connectivity index (χ0) is 17.6. The van der Waals surface area contributed by atoms with E-state index in [-0.39, 0.29) is 0 Å². The van der Waals surface area contributed by atoms with Gasteiger partial charge in [-0.05, 0) is 20.8 Å². The van der Waals surface area contributed by atoms with Crippen molar-refractivity contribution in [3.63, 3.8) is 0 Å². The van der Waals surface area contributed by atoms with Crippen LogP contribution in [0.1, 0.15) is 20.8 Å². The van der Waals surface area contributed by atoms with Crippen LogP contribution in [-0.4, -0.2) is 40.3 Å². The summed E-state index contributed by atoms with van der Waals surface area (Å²) in [7, 11) is -5.40. The number of hydrogen-bond acceptors (Lipinski definition) is 4. The fourth-order valence-corrected chi connectivity index (χ4v) is 3.70. The van der Waals surface area contributed by atoms with Crippen molar-refractivity contribution in [1.82, 2.24) is 0 Å². The molecule has 12 heteroatoms. The van der Waals surface area contributed by atoms with Crippen molar-refractivity contribution in [3.8, 4) is 0 Å². The van der Waals surface area contributed by atoms with Crippen LogP contribution in [-0.2, 0) is 18.0 Å². The Morgan fingerprint density at radius 1 is 0.818 bits per heavy atom. The van der Waals surface area contributed by atoms with Crippen molar-refractivity contribution < 1.29 is 48.7 Å². The molecule has 0 rings (SSSR count). The highest BCUT2D eigenvalue weighted by Gasteiger charge is 2.79. The van der Waals surface area contributed by atoms with Gasteiger partial charge in [-0.2, -0.15) is 30.7 Å². The molecule has 0 spiro atoms. The van der Waals surface area contributed by atoms with Crippen molar-refractivity contribution in [1.29, 1.82) is 0 Å². The second-order valence-electron chi connectivity index (χ2n) is 3.58. The molecular weight excluding hydrogens is 345 g/mol. The standard InChI is InChI=1S/C10H15F7O4Si/c1-4-18-22(19-5-2,20-6-3)10(16,17)9(14,15)21-8(13)7(11)12/h4-6H2,1-3H3. The first-order chi connectivity index (χ1) is 10.0. The average Bonchev–Trinajstić information content (AvgIpc) is 2.38. The highest BCUT2D eigenvalue weighted by molar-refractivity contribution is 6.63. The van der Waals surface area contributed by atoms with Crippen molar-refractivity contribution in [3.05, 3.63) is 12.1 Å². The molecule has 0 aliphatic heterocycles. The van der Waals surface area contributed by atoms with Gasteiger partial charge in [0, 0.05) is 19.8 Å². The first-order valence-corrected chi connectivity index (χ1v) is 7.81.